The van der Waals surface area contributed by atoms with Crippen LogP contribution >= 0.6 is 0 Å². The average Bonchev–Trinajstić information content (AvgIpc) is 2.90. The Balaban J connectivity index is 1.27. The summed E-state index contributed by atoms with van der Waals surface area (Å²) < 4.78 is 23.6. The summed E-state index contributed by atoms with van der Waals surface area (Å²) in [7, 11) is 3.09. The van der Waals surface area contributed by atoms with Crippen molar-refractivity contribution in [2.75, 3.05) is 55.9 Å². The van der Waals surface area contributed by atoms with E-state index in [1.165, 1.54) is 19.2 Å². The molecule has 1 saturated heterocycles. The number of halogens is 1. The van der Waals surface area contributed by atoms with Crippen LogP contribution in [0.15, 0.2) is 66.7 Å². The van der Waals surface area contributed by atoms with Crippen LogP contribution in [0.3, 0.4) is 0 Å². The molecule has 3 amide bonds. The van der Waals surface area contributed by atoms with Crippen molar-refractivity contribution in [3.63, 3.8) is 0 Å². The summed E-state index contributed by atoms with van der Waals surface area (Å²) in [5.74, 6) is 0.862. The standard InChI is InChI=1S/C27H29FN4O4/c1-35-23-11-12-24(25(18-23)36-2)30-27(34)29-21-7-9-22(10-8-21)31-13-15-32(16-14-31)26(33)17-19-3-5-20(28)6-4-19/h3-12,18H,13-17H2,1-2H3,(H2,29,30,34). The van der Waals surface area contributed by atoms with Gasteiger partial charge in [0.25, 0.3) is 0 Å². The zero-order chi connectivity index (χ0) is 25.5. The lowest BCUT2D eigenvalue weighted by Gasteiger charge is -2.36. The van der Waals surface area contributed by atoms with Crippen molar-refractivity contribution in [2.24, 2.45) is 0 Å². The Morgan fingerprint density at radius 3 is 2.19 bits per heavy atom. The Labute approximate surface area is 209 Å². The van der Waals surface area contributed by atoms with Crippen molar-refractivity contribution in [3.05, 3.63) is 78.1 Å². The second-order valence-electron chi connectivity index (χ2n) is 8.36. The number of carbonyl (C=O) groups is 2. The van der Waals surface area contributed by atoms with E-state index in [1.807, 2.05) is 29.2 Å². The van der Waals surface area contributed by atoms with Crippen molar-refractivity contribution in [3.8, 4) is 11.5 Å². The lowest BCUT2D eigenvalue weighted by atomic mass is 10.1. The first-order valence-electron chi connectivity index (χ1n) is 11.6. The number of nitrogens with zero attached hydrogens (tertiary/aromatic N) is 2. The number of ether oxygens (including phenoxy) is 2. The van der Waals surface area contributed by atoms with E-state index in [0.717, 1.165) is 11.3 Å². The molecule has 0 saturated carbocycles. The van der Waals surface area contributed by atoms with Crippen LogP contribution in [0.5, 0.6) is 11.5 Å². The normalized spacial score (nSPS) is 13.2. The van der Waals surface area contributed by atoms with Gasteiger partial charge in [-0.15, -0.1) is 0 Å². The molecule has 0 spiro atoms. The minimum Gasteiger partial charge on any atom is -0.497 e. The summed E-state index contributed by atoms with van der Waals surface area (Å²) >= 11 is 0. The molecular formula is C27H29FN4O4. The second kappa shape index (κ2) is 11.4. The van der Waals surface area contributed by atoms with Gasteiger partial charge in [-0.25, -0.2) is 9.18 Å². The van der Waals surface area contributed by atoms with E-state index in [-0.39, 0.29) is 24.2 Å². The van der Waals surface area contributed by atoms with Crippen molar-refractivity contribution in [2.45, 2.75) is 6.42 Å². The van der Waals surface area contributed by atoms with E-state index in [4.69, 9.17) is 9.47 Å². The van der Waals surface area contributed by atoms with Crippen LogP contribution < -0.4 is 25.0 Å². The predicted octanol–water partition coefficient (Wildman–Crippen LogP) is 4.38. The third kappa shape index (κ3) is 6.24. The summed E-state index contributed by atoms with van der Waals surface area (Å²) in [4.78, 5) is 29.1. The molecule has 0 aliphatic carbocycles. The van der Waals surface area contributed by atoms with Crippen LogP contribution in [0.25, 0.3) is 0 Å². The van der Waals surface area contributed by atoms with E-state index in [2.05, 4.69) is 15.5 Å². The van der Waals surface area contributed by atoms with Gasteiger partial charge in [-0.05, 0) is 54.1 Å². The molecule has 0 unspecified atom stereocenters. The maximum Gasteiger partial charge on any atom is 0.323 e. The first-order valence-corrected chi connectivity index (χ1v) is 11.6. The topological polar surface area (TPSA) is 83.1 Å². The van der Waals surface area contributed by atoms with Gasteiger partial charge in [-0.2, -0.15) is 0 Å². The SMILES string of the molecule is COc1ccc(NC(=O)Nc2ccc(N3CCN(C(=O)Cc4ccc(F)cc4)CC3)cc2)c(OC)c1. The molecule has 4 rings (SSSR count). The molecular weight excluding hydrogens is 463 g/mol. The summed E-state index contributed by atoms with van der Waals surface area (Å²) in [5.41, 5.74) is 3.00. The fourth-order valence-electron chi connectivity index (χ4n) is 4.04. The first-order chi connectivity index (χ1) is 17.4. The van der Waals surface area contributed by atoms with Gasteiger partial charge in [0.1, 0.15) is 17.3 Å². The number of hydrogen-bond acceptors (Lipinski definition) is 5. The second-order valence-corrected chi connectivity index (χ2v) is 8.36. The van der Waals surface area contributed by atoms with Crippen molar-refractivity contribution < 1.29 is 23.5 Å². The van der Waals surface area contributed by atoms with E-state index in [0.29, 0.717) is 49.1 Å². The number of anilines is 3. The van der Waals surface area contributed by atoms with Crippen molar-refractivity contribution >= 4 is 29.0 Å². The fourth-order valence-corrected chi connectivity index (χ4v) is 4.04. The number of urea groups is 1. The minimum absolute atomic E-state index is 0.0420. The van der Waals surface area contributed by atoms with Crippen molar-refractivity contribution in [1.29, 1.82) is 0 Å². The molecule has 3 aromatic carbocycles. The zero-order valence-electron chi connectivity index (χ0n) is 20.3. The molecule has 0 atom stereocenters. The van der Waals surface area contributed by atoms with Gasteiger partial charge in [0.05, 0.1) is 26.3 Å². The van der Waals surface area contributed by atoms with Crippen LogP contribution in [0.2, 0.25) is 0 Å². The third-order valence-corrected chi connectivity index (χ3v) is 6.05. The number of hydrogen-bond donors (Lipinski definition) is 2. The lowest BCUT2D eigenvalue weighted by Crippen LogP contribution is -2.49. The largest absolute Gasteiger partial charge is 0.497 e. The fraction of sp³-hybridized carbons (Fsp3) is 0.259. The number of rotatable bonds is 7. The highest BCUT2D eigenvalue weighted by atomic mass is 19.1. The third-order valence-electron chi connectivity index (χ3n) is 6.05. The maximum atomic E-state index is 13.1. The Kier molecular flexibility index (Phi) is 7.89. The summed E-state index contributed by atoms with van der Waals surface area (Å²) in [6.45, 7) is 2.65. The monoisotopic (exact) mass is 492 g/mol. The quantitative estimate of drug-likeness (QED) is 0.512. The molecule has 188 valence electrons. The molecule has 1 fully saturated rings. The highest BCUT2D eigenvalue weighted by Gasteiger charge is 2.21. The van der Waals surface area contributed by atoms with Gasteiger partial charge in [-0.1, -0.05) is 12.1 Å². The number of benzene rings is 3. The Morgan fingerprint density at radius 1 is 0.861 bits per heavy atom. The van der Waals surface area contributed by atoms with Crippen LogP contribution in [0.4, 0.5) is 26.2 Å². The lowest BCUT2D eigenvalue weighted by molar-refractivity contribution is -0.130. The van der Waals surface area contributed by atoms with Gasteiger partial charge < -0.3 is 29.9 Å². The molecule has 8 nitrogen and oxygen atoms in total. The van der Waals surface area contributed by atoms with Gasteiger partial charge in [-0.3, -0.25) is 4.79 Å². The smallest absolute Gasteiger partial charge is 0.323 e. The number of carbonyl (C=O) groups excluding carboxylic acids is 2. The number of methoxy groups -OCH3 is 2. The summed E-state index contributed by atoms with van der Waals surface area (Å²) in [5, 5.41) is 5.60. The first kappa shape index (κ1) is 24.8. The highest BCUT2D eigenvalue weighted by Crippen LogP contribution is 2.29. The molecule has 1 aliphatic rings. The van der Waals surface area contributed by atoms with E-state index in [1.54, 1.807) is 37.4 Å². The molecule has 2 N–H and O–H groups in total. The van der Waals surface area contributed by atoms with Gasteiger partial charge in [0.15, 0.2) is 0 Å². The number of nitrogens with one attached hydrogen (secondary N) is 2. The minimum atomic E-state index is -0.389. The summed E-state index contributed by atoms with van der Waals surface area (Å²) in [6.07, 6.45) is 0.269. The average molecular weight is 493 g/mol. The van der Waals surface area contributed by atoms with Crippen LogP contribution in [-0.4, -0.2) is 57.2 Å². The molecule has 9 heteroatoms. The Bertz CT molecular complexity index is 1190. The Hall–Kier alpha value is -4.27. The van der Waals surface area contributed by atoms with E-state index in [9.17, 15) is 14.0 Å². The highest BCUT2D eigenvalue weighted by molar-refractivity contribution is 6.00. The van der Waals surface area contributed by atoms with Gasteiger partial charge in [0, 0.05) is 43.6 Å². The van der Waals surface area contributed by atoms with Crippen LogP contribution in [-0.2, 0) is 11.2 Å². The molecule has 3 aromatic rings. The molecule has 36 heavy (non-hydrogen) atoms. The van der Waals surface area contributed by atoms with Crippen molar-refractivity contribution in [1.82, 2.24) is 4.90 Å². The molecule has 1 aliphatic heterocycles. The van der Waals surface area contributed by atoms with E-state index >= 15 is 0 Å². The summed E-state index contributed by atoms with van der Waals surface area (Å²) in [6, 6.07) is 18.4. The zero-order valence-corrected chi connectivity index (χ0v) is 20.3. The molecule has 1 heterocycles. The van der Waals surface area contributed by atoms with Gasteiger partial charge in [0.2, 0.25) is 5.91 Å². The number of amides is 3. The Morgan fingerprint density at radius 2 is 1.56 bits per heavy atom. The predicted molar refractivity (Wildman–Crippen MR) is 138 cm³/mol. The van der Waals surface area contributed by atoms with Crippen LogP contribution in [0.1, 0.15) is 5.56 Å². The molecule has 0 bridgehead atoms. The van der Waals surface area contributed by atoms with Gasteiger partial charge >= 0.3 is 6.03 Å². The van der Waals surface area contributed by atoms with Crippen LogP contribution in [0, 0.1) is 5.82 Å². The number of piperazine rings is 1. The molecule has 0 aromatic heterocycles. The van der Waals surface area contributed by atoms with E-state index < -0.39 is 0 Å². The molecule has 0 radical (unpaired) electrons. The maximum absolute atomic E-state index is 13.1.